The van der Waals surface area contributed by atoms with E-state index in [1.807, 2.05) is 0 Å². The van der Waals surface area contributed by atoms with Gasteiger partial charge in [-0.1, -0.05) is 47.5 Å². The highest BCUT2D eigenvalue weighted by Gasteiger charge is 2.21. The summed E-state index contributed by atoms with van der Waals surface area (Å²) in [6.45, 7) is 3.31. The van der Waals surface area contributed by atoms with Crippen LogP contribution in [0.4, 0.5) is 0 Å². The third-order valence-corrected chi connectivity index (χ3v) is 4.01. The number of amides is 1. The van der Waals surface area contributed by atoms with Crippen LogP contribution >= 0.6 is 23.2 Å². The van der Waals surface area contributed by atoms with Crippen molar-refractivity contribution in [1.82, 2.24) is 5.32 Å². The lowest BCUT2D eigenvalue weighted by molar-refractivity contribution is -0.129. The number of hydrogen-bond donors (Lipinski definition) is 1. The van der Waals surface area contributed by atoms with Crippen LogP contribution in [-0.4, -0.2) is 18.0 Å². The molecule has 0 aromatic heterocycles. The van der Waals surface area contributed by atoms with E-state index >= 15 is 0 Å². The molecule has 0 saturated carbocycles. The maximum atomic E-state index is 12.2. The fraction of sp³-hybridized carbons (Fsp3) is 0.222. The van der Waals surface area contributed by atoms with E-state index in [1.54, 1.807) is 55.5 Å². The highest BCUT2D eigenvalue weighted by atomic mass is 35.5. The molecule has 0 aliphatic heterocycles. The molecule has 0 heterocycles. The molecule has 2 atom stereocenters. The second-order valence-electron chi connectivity index (χ2n) is 5.31. The van der Waals surface area contributed by atoms with Crippen molar-refractivity contribution in [2.75, 3.05) is 0 Å². The molecule has 0 radical (unpaired) electrons. The Labute approximate surface area is 150 Å². The maximum Gasteiger partial charge on any atom is 0.338 e. The molecule has 1 N–H and O–H groups in total. The number of hydrogen-bond acceptors (Lipinski definition) is 3. The third kappa shape index (κ3) is 4.73. The predicted octanol–water partition coefficient (Wildman–Crippen LogP) is 4.42. The third-order valence-electron chi connectivity index (χ3n) is 3.45. The molecule has 0 aliphatic carbocycles. The Bertz CT molecular complexity index is 734. The van der Waals surface area contributed by atoms with E-state index in [-0.39, 0.29) is 6.04 Å². The Morgan fingerprint density at radius 2 is 1.71 bits per heavy atom. The first-order valence-corrected chi connectivity index (χ1v) is 8.15. The van der Waals surface area contributed by atoms with Crippen LogP contribution in [0, 0.1) is 0 Å². The van der Waals surface area contributed by atoms with E-state index in [0.29, 0.717) is 15.6 Å². The Balaban J connectivity index is 1.97. The summed E-state index contributed by atoms with van der Waals surface area (Å²) in [5.41, 5.74) is 1.13. The molecule has 0 spiro atoms. The molecule has 2 aromatic carbocycles. The lowest BCUT2D eigenvalue weighted by atomic mass is 10.1. The number of nitrogens with one attached hydrogen (secondary N) is 1. The van der Waals surface area contributed by atoms with Gasteiger partial charge in [0.25, 0.3) is 5.91 Å². The van der Waals surface area contributed by atoms with Crippen molar-refractivity contribution >= 4 is 35.1 Å². The standard InChI is InChI=1S/C18H17Cl2NO3/c1-11(15-9-8-14(19)10-16(15)20)21-17(22)12(2)24-18(23)13-6-4-3-5-7-13/h3-12H,1-2H3,(H,21,22)/t11-,12+/m1/s1. The molecular formula is C18H17Cl2NO3. The van der Waals surface area contributed by atoms with Gasteiger partial charge in [0.15, 0.2) is 6.10 Å². The molecular weight excluding hydrogens is 349 g/mol. The van der Waals surface area contributed by atoms with Crippen LogP contribution in [0.3, 0.4) is 0 Å². The minimum Gasteiger partial charge on any atom is -0.449 e. The minimum absolute atomic E-state index is 0.347. The second kappa shape index (κ2) is 8.18. The van der Waals surface area contributed by atoms with Crippen LogP contribution < -0.4 is 5.32 Å². The molecule has 126 valence electrons. The van der Waals surface area contributed by atoms with E-state index in [4.69, 9.17) is 27.9 Å². The molecule has 0 fully saturated rings. The summed E-state index contributed by atoms with van der Waals surface area (Å²) in [5, 5.41) is 3.75. The Morgan fingerprint density at radius 1 is 1.04 bits per heavy atom. The van der Waals surface area contributed by atoms with E-state index in [9.17, 15) is 9.59 Å². The van der Waals surface area contributed by atoms with Gasteiger partial charge in [0.1, 0.15) is 0 Å². The van der Waals surface area contributed by atoms with Crippen LogP contribution in [0.25, 0.3) is 0 Å². The molecule has 0 unspecified atom stereocenters. The monoisotopic (exact) mass is 365 g/mol. The first-order valence-electron chi connectivity index (χ1n) is 7.40. The normalized spacial score (nSPS) is 13.0. The van der Waals surface area contributed by atoms with Gasteiger partial charge in [0.2, 0.25) is 0 Å². The van der Waals surface area contributed by atoms with Crippen molar-refractivity contribution in [3.8, 4) is 0 Å². The van der Waals surface area contributed by atoms with E-state index < -0.39 is 18.0 Å². The number of benzene rings is 2. The summed E-state index contributed by atoms with van der Waals surface area (Å²) in [6, 6.07) is 13.2. The number of rotatable bonds is 5. The maximum absolute atomic E-state index is 12.2. The highest BCUT2D eigenvalue weighted by molar-refractivity contribution is 6.35. The molecule has 6 heteroatoms. The Hall–Kier alpha value is -2.04. The van der Waals surface area contributed by atoms with Gasteiger partial charge in [-0.15, -0.1) is 0 Å². The molecule has 1 amide bonds. The van der Waals surface area contributed by atoms with Crippen molar-refractivity contribution in [3.63, 3.8) is 0 Å². The number of ether oxygens (including phenoxy) is 1. The van der Waals surface area contributed by atoms with Gasteiger partial charge >= 0.3 is 5.97 Å². The summed E-state index contributed by atoms with van der Waals surface area (Å²) < 4.78 is 5.18. The summed E-state index contributed by atoms with van der Waals surface area (Å²) in [7, 11) is 0. The van der Waals surface area contributed by atoms with E-state index in [0.717, 1.165) is 5.56 Å². The smallest absolute Gasteiger partial charge is 0.338 e. The molecule has 0 bridgehead atoms. The Morgan fingerprint density at radius 3 is 2.33 bits per heavy atom. The summed E-state index contributed by atoms with van der Waals surface area (Å²) in [4.78, 5) is 24.2. The fourth-order valence-electron chi connectivity index (χ4n) is 2.12. The largest absolute Gasteiger partial charge is 0.449 e. The lowest BCUT2D eigenvalue weighted by Gasteiger charge is -2.19. The molecule has 0 aliphatic rings. The van der Waals surface area contributed by atoms with Gasteiger partial charge in [-0.05, 0) is 43.7 Å². The minimum atomic E-state index is -0.925. The van der Waals surface area contributed by atoms with Crippen molar-refractivity contribution in [1.29, 1.82) is 0 Å². The summed E-state index contributed by atoms with van der Waals surface area (Å²) in [6.07, 6.45) is -0.925. The van der Waals surface area contributed by atoms with Gasteiger partial charge in [-0.3, -0.25) is 4.79 Å². The van der Waals surface area contributed by atoms with Gasteiger partial charge in [0, 0.05) is 10.0 Å². The van der Waals surface area contributed by atoms with Crippen molar-refractivity contribution in [2.45, 2.75) is 26.0 Å². The van der Waals surface area contributed by atoms with Crippen molar-refractivity contribution in [2.24, 2.45) is 0 Å². The first-order chi connectivity index (χ1) is 11.4. The zero-order chi connectivity index (χ0) is 17.7. The molecule has 4 nitrogen and oxygen atoms in total. The topological polar surface area (TPSA) is 55.4 Å². The van der Waals surface area contributed by atoms with Crippen LogP contribution in [0.2, 0.25) is 10.0 Å². The van der Waals surface area contributed by atoms with Crippen LogP contribution in [0.1, 0.15) is 35.8 Å². The number of carbonyl (C=O) groups excluding carboxylic acids is 2. The number of halogens is 2. The van der Waals surface area contributed by atoms with Crippen molar-refractivity contribution in [3.05, 3.63) is 69.7 Å². The molecule has 24 heavy (non-hydrogen) atoms. The predicted molar refractivity (Wildman–Crippen MR) is 94.3 cm³/mol. The molecule has 2 rings (SSSR count). The van der Waals surface area contributed by atoms with Gasteiger partial charge < -0.3 is 10.1 Å². The summed E-state index contributed by atoms with van der Waals surface area (Å²) in [5.74, 6) is -0.951. The second-order valence-corrected chi connectivity index (χ2v) is 6.15. The molecule has 2 aromatic rings. The highest BCUT2D eigenvalue weighted by Crippen LogP contribution is 2.26. The van der Waals surface area contributed by atoms with E-state index in [1.165, 1.54) is 6.92 Å². The first kappa shape index (κ1) is 18.3. The fourth-order valence-corrected chi connectivity index (χ4v) is 2.69. The zero-order valence-corrected chi connectivity index (χ0v) is 14.8. The van der Waals surface area contributed by atoms with Crippen LogP contribution in [-0.2, 0) is 9.53 Å². The van der Waals surface area contributed by atoms with Gasteiger partial charge in [-0.25, -0.2) is 4.79 Å². The van der Waals surface area contributed by atoms with Crippen molar-refractivity contribution < 1.29 is 14.3 Å². The quantitative estimate of drug-likeness (QED) is 0.798. The van der Waals surface area contributed by atoms with Crippen LogP contribution in [0.5, 0.6) is 0 Å². The Kier molecular flexibility index (Phi) is 6.23. The number of carbonyl (C=O) groups is 2. The SMILES string of the molecule is C[C@H](OC(=O)c1ccccc1)C(=O)N[C@H](C)c1ccc(Cl)cc1Cl. The zero-order valence-electron chi connectivity index (χ0n) is 13.3. The van der Waals surface area contributed by atoms with Gasteiger partial charge in [0.05, 0.1) is 11.6 Å². The average Bonchev–Trinajstić information content (AvgIpc) is 2.55. The molecule has 0 saturated heterocycles. The number of esters is 1. The van der Waals surface area contributed by atoms with Crippen LogP contribution in [0.15, 0.2) is 48.5 Å². The lowest BCUT2D eigenvalue weighted by Crippen LogP contribution is -2.37. The van der Waals surface area contributed by atoms with Gasteiger partial charge in [-0.2, -0.15) is 0 Å². The average molecular weight is 366 g/mol. The summed E-state index contributed by atoms with van der Waals surface area (Å²) >= 11 is 12.0. The van der Waals surface area contributed by atoms with E-state index in [2.05, 4.69) is 5.32 Å².